The SMILES string of the molecule is CC.COc1cc2n[nH]c(C)c2nc1-c1cccc2c1CCC2. The van der Waals surface area contributed by atoms with Crippen LogP contribution in [0.15, 0.2) is 24.3 Å². The Bertz CT molecular complexity index is 836. The number of aromatic amines is 1. The molecule has 0 spiro atoms. The van der Waals surface area contributed by atoms with E-state index in [9.17, 15) is 0 Å². The van der Waals surface area contributed by atoms with Crippen molar-refractivity contribution < 1.29 is 4.74 Å². The molecule has 120 valence electrons. The van der Waals surface area contributed by atoms with Crippen LogP contribution in [-0.4, -0.2) is 22.3 Å². The number of pyridine rings is 1. The van der Waals surface area contributed by atoms with Crippen molar-refractivity contribution in [2.24, 2.45) is 0 Å². The molecule has 0 unspecified atom stereocenters. The average molecular weight is 309 g/mol. The molecule has 2 aromatic heterocycles. The van der Waals surface area contributed by atoms with E-state index >= 15 is 0 Å². The minimum absolute atomic E-state index is 0.786. The number of methoxy groups -OCH3 is 1. The Labute approximate surface area is 136 Å². The third-order valence-electron chi connectivity index (χ3n) is 4.29. The van der Waals surface area contributed by atoms with Gasteiger partial charge in [0.15, 0.2) is 0 Å². The number of aromatic nitrogens is 3. The summed E-state index contributed by atoms with van der Waals surface area (Å²) in [5, 5.41) is 7.26. The van der Waals surface area contributed by atoms with Crippen LogP contribution < -0.4 is 4.74 Å². The van der Waals surface area contributed by atoms with Gasteiger partial charge in [-0.25, -0.2) is 4.98 Å². The van der Waals surface area contributed by atoms with Crippen LogP contribution in [0.4, 0.5) is 0 Å². The Morgan fingerprint density at radius 2 is 2.00 bits per heavy atom. The monoisotopic (exact) mass is 309 g/mol. The summed E-state index contributed by atoms with van der Waals surface area (Å²) >= 11 is 0. The Morgan fingerprint density at radius 1 is 1.17 bits per heavy atom. The topological polar surface area (TPSA) is 50.8 Å². The lowest BCUT2D eigenvalue weighted by Gasteiger charge is -2.12. The van der Waals surface area contributed by atoms with Crippen molar-refractivity contribution in [3.05, 3.63) is 41.1 Å². The fraction of sp³-hybridized carbons (Fsp3) is 0.368. The molecule has 1 aliphatic rings. The van der Waals surface area contributed by atoms with Crippen molar-refractivity contribution >= 4 is 11.0 Å². The van der Waals surface area contributed by atoms with Gasteiger partial charge in [-0.1, -0.05) is 32.0 Å². The Morgan fingerprint density at radius 3 is 2.78 bits per heavy atom. The summed E-state index contributed by atoms with van der Waals surface area (Å²) < 4.78 is 5.56. The van der Waals surface area contributed by atoms with Gasteiger partial charge < -0.3 is 4.74 Å². The van der Waals surface area contributed by atoms with Crippen molar-refractivity contribution in [3.63, 3.8) is 0 Å². The van der Waals surface area contributed by atoms with E-state index in [0.29, 0.717) is 0 Å². The maximum atomic E-state index is 5.56. The molecule has 4 nitrogen and oxygen atoms in total. The van der Waals surface area contributed by atoms with Gasteiger partial charge >= 0.3 is 0 Å². The third kappa shape index (κ3) is 2.58. The molecule has 1 N–H and O–H groups in total. The lowest BCUT2D eigenvalue weighted by molar-refractivity contribution is 0.415. The summed E-state index contributed by atoms with van der Waals surface area (Å²) in [5.74, 6) is 0.786. The highest BCUT2D eigenvalue weighted by Gasteiger charge is 2.20. The number of nitrogens with zero attached hydrogens (tertiary/aromatic N) is 2. The molecule has 0 saturated heterocycles. The number of fused-ring (bicyclic) bond motifs is 2. The van der Waals surface area contributed by atoms with Gasteiger partial charge in [0.25, 0.3) is 0 Å². The minimum Gasteiger partial charge on any atom is -0.494 e. The van der Waals surface area contributed by atoms with E-state index in [4.69, 9.17) is 9.72 Å². The van der Waals surface area contributed by atoms with E-state index in [1.165, 1.54) is 29.5 Å². The van der Waals surface area contributed by atoms with Crippen LogP contribution >= 0.6 is 0 Å². The lowest BCUT2D eigenvalue weighted by atomic mass is 9.99. The molecular weight excluding hydrogens is 286 g/mol. The zero-order valence-corrected chi connectivity index (χ0v) is 14.2. The van der Waals surface area contributed by atoms with E-state index in [1.54, 1.807) is 7.11 Å². The van der Waals surface area contributed by atoms with Gasteiger partial charge in [0.1, 0.15) is 22.5 Å². The summed E-state index contributed by atoms with van der Waals surface area (Å²) in [7, 11) is 1.69. The number of aryl methyl sites for hydroxylation is 2. The number of H-pyrrole nitrogens is 1. The lowest BCUT2D eigenvalue weighted by Crippen LogP contribution is -1.96. The van der Waals surface area contributed by atoms with Crippen LogP contribution in [0.5, 0.6) is 5.75 Å². The molecule has 0 bridgehead atoms. The first kappa shape index (κ1) is 15.5. The standard InChI is InChI=1S/C17H17N3O.C2H6/c1-10-16-14(20-19-10)9-15(21-2)17(18-16)13-8-4-6-11-5-3-7-12(11)13;1-2/h4,6,8-9H,3,5,7H2,1-2H3,(H,19,20);1-2H3. The number of nitrogens with one attached hydrogen (secondary N) is 1. The van der Waals surface area contributed by atoms with Crippen LogP contribution in [0.25, 0.3) is 22.3 Å². The van der Waals surface area contributed by atoms with Crippen LogP contribution in [0.1, 0.15) is 37.1 Å². The second kappa shape index (κ2) is 6.41. The first-order chi connectivity index (χ1) is 11.3. The molecule has 1 aromatic carbocycles. The molecule has 1 aliphatic carbocycles. The molecular formula is C19H23N3O. The van der Waals surface area contributed by atoms with Gasteiger partial charge in [-0.2, -0.15) is 5.10 Å². The summed E-state index contributed by atoms with van der Waals surface area (Å²) in [6.07, 6.45) is 3.51. The fourth-order valence-electron chi connectivity index (χ4n) is 3.23. The van der Waals surface area contributed by atoms with Gasteiger partial charge in [-0.15, -0.1) is 0 Å². The first-order valence-corrected chi connectivity index (χ1v) is 8.29. The predicted molar refractivity (Wildman–Crippen MR) is 94.0 cm³/mol. The summed E-state index contributed by atoms with van der Waals surface area (Å²) in [5.41, 5.74) is 7.74. The quantitative estimate of drug-likeness (QED) is 0.760. The van der Waals surface area contributed by atoms with Crippen molar-refractivity contribution in [3.8, 4) is 17.0 Å². The summed E-state index contributed by atoms with van der Waals surface area (Å²) in [6, 6.07) is 8.46. The maximum Gasteiger partial charge on any atom is 0.147 e. The highest BCUT2D eigenvalue weighted by molar-refractivity contribution is 5.84. The Balaban J connectivity index is 0.000000753. The van der Waals surface area contributed by atoms with Crippen LogP contribution in [-0.2, 0) is 12.8 Å². The molecule has 4 heteroatoms. The molecule has 4 rings (SSSR count). The van der Waals surface area contributed by atoms with Crippen LogP contribution in [0.3, 0.4) is 0 Å². The highest BCUT2D eigenvalue weighted by Crippen LogP contribution is 2.37. The first-order valence-electron chi connectivity index (χ1n) is 8.29. The number of benzene rings is 1. The summed E-state index contributed by atoms with van der Waals surface area (Å²) in [6.45, 7) is 5.99. The number of hydrogen-bond donors (Lipinski definition) is 1. The van der Waals surface area contributed by atoms with Gasteiger partial charge in [0.2, 0.25) is 0 Å². The molecule has 0 aliphatic heterocycles. The number of ether oxygens (including phenoxy) is 1. The molecule has 2 heterocycles. The molecule has 0 radical (unpaired) electrons. The van der Waals surface area contributed by atoms with Gasteiger partial charge in [-0.3, -0.25) is 5.10 Å². The molecule has 23 heavy (non-hydrogen) atoms. The highest BCUT2D eigenvalue weighted by atomic mass is 16.5. The minimum atomic E-state index is 0.786. The van der Waals surface area contributed by atoms with Crippen LogP contribution in [0.2, 0.25) is 0 Å². The Hall–Kier alpha value is -2.36. The van der Waals surface area contributed by atoms with Crippen molar-refractivity contribution in [2.45, 2.75) is 40.0 Å². The van der Waals surface area contributed by atoms with E-state index < -0.39 is 0 Å². The van der Waals surface area contributed by atoms with Crippen molar-refractivity contribution in [2.75, 3.05) is 7.11 Å². The molecule has 0 saturated carbocycles. The van der Waals surface area contributed by atoms with Crippen LogP contribution in [0, 0.1) is 6.92 Å². The second-order valence-electron chi connectivity index (χ2n) is 5.55. The van der Waals surface area contributed by atoms with Gasteiger partial charge in [0, 0.05) is 11.6 Å². The van der Waals surface area contributed by atoms with E-state index in [2.05, 4.69) is 28.4 Å². The Kier molecular flexibility index (Phi) is 4.33. The van der Waals surface area contributed by atoms with E-state index in [1.807, 2.05) is 26.8 Å². The zero-order valence-electron chi connectivity index (χ0n) is 14.2. The smallest absolute Gasteiger partial charge is 0.147 e. The number of rotatable bonds is 2. The summed E-state index contributed by atoms with van der Waals surface area (Å²) in [4.78, 5) is 4.83. The third-order valence-corrected chi connectivity index (χ3v) is 4.29. The van der Waals surface area contributed by atoms with Crippen molar-refractivity contribution in [1.29, 1.82) is 0 Å². The van der Waals surface area contributed by atoms with Gasteiger partial charge in [-0.05, 0) is 37.3 Å². The number of hydrogen-bond acceptors (Lipinski definition) is 3. The molecule has 0 fully saturated rings. The van der Waals surface area contributed by atoms with E-state index in [0.717, 1.165) is 34.6 Å². The predicted octanol–water partition coefficient (Wildman–Crippen LogP) is 4.46. The van der Waals surface area contributed by atoms with Crippen molar-refractivity contribution in [1.82, 2.24) is 15.2 Å². The molecule has 3 aromatic rings. The normalized spacial score (nSPS) is 12.7. The maximum absolute atomic E-state index is 5.56. The fourth-order valence-corrected chi connectivity index (χ4v) is 3.23. The molecule has 0 atom stereocenters. The zero-order chi connectivity index (χ0) is 16.4. The largest absolute Gasteiger partial charge is 0.494 e. The van der Waals surface area contributed by atoms with Gasteiger partial charge in [0.05, 0.1) is 12.8 Å². The second-order valence-corrected chi connectivity index (χ2v) is 5.55. The molecule has 0 amide bonds. The van der Waals surface area contributed by atoms with E-state index in [-0.39, 0.29) is 0 Å². The average Bonchev–Trinajstić information content (AvgIpc) is 3.22.